The number of piperazine rings is 1. The van der Waals surface area contributed by atoms with Crippen molar-refractivity contribution >= 4 is 11.9 Å². The molecule has 1 aliphatic rings. The molecule has 132 valence electrons. The van der Waals surface area contributed by atoms with Crippen molar-refractivity contribution in [1.82, 2.24) is 25.0 Å². The smallest absolute Gasteiger partial charge is 0.325 e. The summed E-state index contributed by atoms with van der Waals surface area (Å²) in [4.78, 5) is 31.2. The minimum Gasteiger partial charge on any atom is -0.480 e. The highest BCUT2D eigenvalue weighted by Gasteiger charge is 2.32. The lowest BCUT2D eigenvalue weighted by Gasteiger charge is -2.37. The van der Waals surface area contributed by atoms with Crippen LogP contribution in [0, 0.1) is 12.7 Å². The second kappa shape index (κ2) is 6.98. The Morgan fingerprint density at radius 3 is 2.56 bits per heavy atom. The third kappa shape index (κ3) is 3.50. The van der Waals surface area contributed by atoms with Crippen molar-refractivity contribution in [1.29, 1.82) is 0 Å². The normalized spacial score (nSPS) is 16.6. The van der Waals surface area contributed by atoms with Gasteiger partial charge in [0.05, 0.1) is 0 Å². The van der Waals surface area contributed by atoms with Crippen molar-refractivity contribution in [3.8, 4) is 0 Å². The molecule has 1 amide bonds. The first-order valence-corrected chi connectivity index (χ1v) is 7.85. The number of amides is 1. The summed E-state index contributed by atoms with van der Waals surface area (Å²) in [6, 6.07) is 3.46. The minimum atomic E-state index is -0.999. The van der Waals surface area contributed by atoms with Crippen LogP contribution in [0.3, 0.4) is 0 Å². The number of halogens is 1. The highest BCUT2D eigenvalue weighted by Crippen LogP contribution is 2.24. The minimum absolute atomic E-state index is 0.164. The molecule has 1 aliphatic heterocycles. The van der Waals surface area contributed by atoms with E-state index < -0.39 is 12.0 Å². The average molecular weight is 347 g/mol. The van der Waals surface area contributed by atoms with E-state index in [0.29, 0.717) is 37.3 Å². The number of aromatic nitrogens is 3. The largest absolute Gasteiger partial charge is 0.480 e. The summed E-state index contributed by atoms with van der Waals surface area (Å²) in [6.45, 7) is 3.15. The Morgan fingerprint density at radius 1 is 1.28 bits per heavy atom. The Labute approximate surface area is 143 Å². The highest BCUT2D eigenvalue weighted by atomic mass is 19.1. The number of carbonyl (C=O) groups is 2. The van der Waals surface area contributed by atoms with Gasteiger partial charge in [-0.25, -0.2) is 9.37 Å². The zero-order valence-corrected chi connectivity index (χ0v) is 13.6. The van der Waals surface area contributed by atoms with Gasteiger partial charge in [-0.3, -0.25) is 19.6 Å². The van der Waals surface area contributed by atoms with Crippen LogP contribution in [0.25, 0.3) is 0 Å². The number of hydrogen-bond donors (Lipinski definition) is 2. The maximum Gasteiger partial charge on any atom is 0.325 e. The van der Waals surface area contributed by atoms with Crippen molar-refractivity contribution in [2.45, 2.75) is 13.0 Å². The van der Waals surface area contributed by atoms with Gasteiger partial charge in [-0.15, -0.1) is 0 Å². The molecule has 0 bridgehead atoms. The summed E-state index contributed by atoms with van der Waals surface area (Å²) < 4.78 is 13.5. The van der Waals surface area contributed by atoms with E-state index in [4.69, 9.17) is 0 Å². The lowest BCUT2D eigenvalue weighted by molar-refractivity contribution is -0.144. The van der Waals surface area contributed by atoms with Crippen molar-refractivity contribution in [2.24, 2.45) is 0 Å². The molecule has 2 heterocycles. The molecule has 0 saturated carbocycles. The van der Waals surface area contributed by atoms with Gasteiger partial charge < -0.3 is 10.0 Å². The van der Waals surface area contributed by atoms with Crippen LogP contribution in [0.4, 0.5) is 4.39 Å². The number of nitrogens with zero attached hydrogens (tertiary/aromatic N) is 4. The first-order chi connectivity index (χ1) is 12.0. The third-order valence-electron chi connectivity index (χ3n) is 4.32. The van der Waals surface area contributed by atoms with Gasteiger partial charge in [-0.1, -0.05) is 12.1 Å². The zero-order chi connectivity index (χ0) is 18.0. The molecule has 1 atom stereocenters. The molecule has 1 aromatic carbocycles. The lowest BCUT2D eigenvalue weighted by Crippen LogP contribution is -2.51. The van der Waals surface area contributed by atoms with Gasteiger partial charge in [0.25, 0.3) is 5.91 Å². The van der Waals surface area contributed by atoms with Crippen LogP contribution in [0.2, 0.25) is 0 Å². The zero-order valence-electron chi connectivity index (χ0n) is 13.6. The Kier molecular flexibility index (Phi) is 4.75. The number of nitrogens with one attached hydrogen (secondary N) is 1. The molecule has 2 aromatic rings. The fourth-order valence-electron chi connectivity index (χ4n) is 2.99. The van der Waals surface area contributed by atoms with Crippen LogP contribution < -0.4 is 0 Å². The fourth-order valence-corrected chi connectivity index (χ4v) is 2.99. The third-order valence-corrected chi connectivity index (χ3v) is 4.32. The van der Waals surface area contributed by atoms with Crippen LogP contribution in [-0.2, 0) is 4.79 Å². The second-order valence-corrected chi connectivity index (χ2v) is 5.91. The average Bonchev–Trinajstić information content (AvgIpc) is 3.12. The molecular weight excluding hydrogens is 329 g/mol. The molecule has 8 nitrogen and oxygen atoms in total. The van der Waals surface area contributed by atoms with E-state index in [1.807, 2.05) is 0 Å². The topological polar surface area (TPSA) is 102 Å². The lowest BCUT2D eigenvalue weighted by atomic mass is 10.0. The van der Waals surface area contributed by atoms with E-state index in [0.717, 1.165) is 0 Å². The van der Waals surface area contributed by atoms with Gasteiger partial charge in [-0.05, 0) is 24.1 Å². The summed E-state index contributed by atoms with van der Waals surface area (Å²) in [5.74, 6) is -1.46. The van der Waals surface area contributed by atoms with Gasteiger partial charge >= 0.3 is 5.97 Å². The van der Waals surface area contributed by atoms with E-state index >= 15 is 0 Å². The maximum absolute atomic E-state index is 13.5. The number of carboxylic acids is 1. The number of H-pyrrole nitrogens is 1. The molecule has 2 N–H and O–H groups in total. The summed E-state index contributed by atoms with van der Waals surface area (Å²) in [6.07, 6.45) is 1.26. The number of hydrogen-bond acceptors (Lipinski definition) is 5. The number of carboxylic acid groups (broad SMARTS) is 1. The molecule has 0 spiro atoms. The van der Waals surface area contributed by atoms with E-state index in [9.17, 15) is 19.1 Å². The molecule has 3 rings (SSSR count). The van der Waals surface area contributed by atoms with Gasteiger partial charge in [0.15, 0.2) is 0 Å². The van der Waals surface area contributed by atoms with Crippen LogP contribution in [-0.4, -0.2) is 68.1 Å². The second-order valence-electron chi connectivity index (χ2n) is 5.91. The first-order valence-electron chi connectivity index (χ1n) is 7.85. The molecule has 1 fully saturated rings. The van der Waals surface area contributed by atoms with Crippen molar-refractivity contribution in [2.75, 3.05) is 26.2 Å². The predicted octanol–water partition coefficient (Wildman–Crippen LogP) is 0.836. The van der Waals surface area contributed by atoms with Crippen LogP contribution in [0.1, 0.15) is 27.8 Å². The molecule has 0 aliphatic carbocycles. The molecule has 0 radical (unpaired) electrons. The summed E-state index contributed by atoms with van der Waals surface area (Å²) in [7, 11) is 0. The summed E-state index contributed by atoms with van der Waals surface area (Å²) in [5, 5.41) is 15.8. The molecule has 1 saturated heterocycles. The quantitative estimate of drug-likeness (QED) is 0.849. The number of aromatic amines is 1. The Hall–Kier alpha value is -2.81. The van der Waals surface area contributed by atoms with Crippen molar-refractivity contribution in [3.63, 3.8) is 0 Å². The Bertz CT molecular complexity index is 772. The molecule has 1 aromatic heterocycles. The molecular formula is C16H18FN5O3. The van der Waals surface area contributed by atoms with E-state index in [-0.39, 0.29) is 17.5 Å². The van der Waals surface area contributed by atoms with E-state index in [1.54, 1.807) is 22.8 Å². The highest BCUT2D eigenvalue weighted by molar-refractivity contribution is 5.90. The number of aliphatic carboxylic acids is 1. The van der Waals surface area contributed by atoms with Crippen LogP contribution in [0.15, 0.2) is 24.5 Å². The van der Waals surface area contributed by atoms with E-state index in [2.05, 4.69) is 15.2 Å². The molecule has 0 unspecified atom stereocenters. The molecule has 9 heteroatoms. The summed E-state index contributed by atoms with van der Waals surface area (Å²) in [5.41, 5.74) is 0.935. The molecule has 25 heavy (non-hydrogen) atoms. The first kappa shape index (κ1) is 17.0. The monoisotopic (exact) mass is 347 g/mol. The van der Waals surface area contributed by atoms with Gasteiger partial charge in [-0.2, -0.15) is 5.10 Å². The van der Waals surface area contributed by atoms with Crippen LogP contribution in [0.5, 0.6) is 0 Å². The number of aryl methyl sites for hydroxylation is 1. The van der Waals surface area contributed by atoms with Gasteiger partial charge in [0.1, 0.15) is 18.2 Å². The predicted molar refractivity (Wildman–Crippen MR) is 85.4 cm³/mol. The van der Waals surface area contributed by atoms with E-state index in [1.165, 1.54) is 18.5 Å². The van der Waals surface area contributed by atoms with Crippen LogP contribution >= 0.6 is 0 Å². The standard InChI is InChI=1S/C16H18FN5O3/c1-10-8-11(2-3-12(10)17)13(16(24)25)21-4-6-22(7-5-21)15(23)14-18-9-19-20-14/h2-3,8-9,13H,4-7H2,1H3,(H,24,25)(H,18,19,20)/t13-/m0/s1. The SMILES string of the molecule is Cc1cc([C@@H](C(=O)O)N2CCN(C(=O)c3ncn[nH]3)CC2)ccc1F. The van der Waals surface area contributed by atoms with Gasteiger partial charge in [0.2, 0.25) is 5.82 Å². The van der Waals surface area contributed by atoms with Crippen molar-refractivity contribution in [3.05, 3.63) is 47.3 Å². The maximum atomic E-state index is 13.5. The number of carbonyl (C=O) groups excluding carboxylic acids is 1. The summed E-state index contributed by atoms with van der Waals surface area (Å²) >= 11 is 0. The Morgan fingerprint density at radius 2 is 2.00 bits per heavy atom. The van der Waals surface area contributed by atoms with Gasteiger partial charge in [0, 0.05) is 26.2 Å². The number of benzene rings is 1. The Balaban J connectivity index is 1.71. The fraction of sp³-hybridized carbons (Fsp3) is 0.375. The van der Waals surface area contributed by atoms with Crippen molar-refractivity contribution < 1.29 is 19.1 Å². The number of rotatable bonds is 4.